The van der Waals surface area contributed by atoms with Crippen LogP contribution in [-0.2, 0) is 0 Å². The normalized spacial score (nSPS) is 11.3. The highest BCUT2D eigenvalue weighted by Gasteiger charge is 2.15. The first-order valence-electron chi connectivity index (χ1n) is 8.18. The van der Waals surface area contributed by atoms with Gasteiger partial charge in [0.25, 0.3) is 0 Å². The van der Waals surface area contributed by atoms with E-state index in [1.165, 1.54) is 18.3 Å². The molecule has 0 radical (unpaired) electrons. The molecule has 0 aliphatic rings. The summed E-state index contributed by atoms with van der Waals surface area (Å²) in [5, 5.41) is 20.9. The molecule has 0 saturated heterocycles. The van der Waals surface area contributed by atoms with Gasteiger partial charge in [0.15, 0.2) is 5.58 Å². The van der Waals surface area contributed by atoms with Crippen LogP contribution in [0.3, 0.4) is 0 Å². The van der Waals surface area contributed by atoms with Crippen molar-refractivity contribution in [3.8, 4) is 17.2 Å². The summed E-state index contributed by atoms with van der Waals surface area (Å²) in [5.74, 6) is 0.0736. The van der Waals surface area contributed by atoms with Crippen molar-refractivity contribution in [2.45, 2.75) is 0 Å². The summed E-state index contributed by atoms with van der Waals surface area (Å²) in [6.07, 6.45) is 1.37. The fraction of sp³-hybridized carbons (Fsp3) is 0. The lowest BCUT2D eigenvalue weighted by atomic mass is 10.2. The number of nitrogens with zero attached hydrogens (tertiary/aromatic N) is 3. The van der Waals surface area contributed by atoms with Gasteiger partial charge in [0.2, 0.25) is 11.6 Å². The van der Waals surface area contributed by atoms with Gasteiger partial charge in [-0.05, 0) is 42.5 Å². The first kappa shape index (κ1) is 17.9. The summed E-state index contributed by atoms with van der Waals surface area (Å²) >= 11 is 3.43. The summed E-state index contributed by atoms with van der Waals surface area (Å²) < 4.78 is 6.71. The standard InChI is InChI=1S/C20H12BrN3O4/c21-14-5-1-3-12(9-14)20-23-16-10-15(7-8-18(16)28-20)22-11-13-4-2-6-17(19(13)25)24(26)27/h1-11,25H. The highest BCUT2D eigenvalue weighted by Crippen LogP contribution is 2.30. The van der Waals surface area contributed by atoms with Gasteiger partial charge in [0.1, 0.15) is 5.52 Å². The summed E-state index contributed by atoms with van der Waals surface area (Å²) in [4.78, 5) is 19.1. The Labute approximate surface area is 167 Å². The van der Waals surface area contributed by atoms with Crippen LogP contribution in [0, 0.1) is 10.1 Å². The number of aliphatic imine (C=N–C) groups is 1. The highest BCUT2D eigenvalue weighted by molar-refractivity contribution is 9.10. The number of oxazole rings is 1. The first-order chi connectivity index (χ1) is 13.5. The number of aromatic nitrogens is 1. The van der Waals surface area contributed by atoms with Gasteiger partial charge < -0.3 is 9.52 Å². The molecule has 0 unspecified atom stereocenters. The lowest BCUT2D eigenvalue weighted by Gasteiger charge is -1.99. The Balaban J connectivity index is 1.66. The van der Waals surface area contributed by atoms with Crippen LogP contribution < -0.4 is 0 Å². The monoisotopic (exact) mass is 437 g/mol. The maximum Gasteiger partial charge on any atom is 0.311 e. The largest absolute Gasteiger partial charge is 0.502 e. The molecule has 1 aromatic heterocycles. The molecule has 0 atom stereocenters. The topological polar surface area (TPSA) is 102 Å². The van der Waals surface area contributed by atoms with Crippen LogP contribution in [0.25, 0.3) is 22.6 Å². The van der Waals surface area contributed by atoms with Crippen LogP contribution in [-0.4, -0.2) is 21.2 Å². The number of nitro groups is 1. The third kappa shape index (κ3) is 3.49. The van der Waals surface area contributed by atoms with E-state index in [9.17, 15) is 15.2 Å². The average molecular weight is 438 g/mol. The van der Waals surface area contributed by atoms with Crippen molar-refractivity contribution in [3.63, 3.8) is 0 Å². The van der Waals surface area contributed by atoms with Crippen LogP contribution in [0.15, 0.2) is 74.5 Å². The third-order valence-electron chi connectivity index (χ3n) is 4.04. The molecular formula is C20H12BrN3O4. The predicted octanol–water partition coefficient (Wildman–Crippen LogP) is 5.62. The van der Waals surface area contributed by atoms with E-state index < -0.39 is 10.7 Å². The number of benzene rings is 3. The van der Waals surface area contributed by atoms with E-state index in [4.69, 9.17) is 4.42 Å². The van der Waals surface area contributed by atoms with Crippen LogP contribution in [0.5, 0.6) is 5.75 Å². The molecule has 4 aromatic rings. The third-order valence-corrected chi connectivity index (χ3v) is 4.53. The van der Waals surface area contributed by atoms with E-state index in [-0.39, 0.29) is 11.3 Å². The summed E-state index contributed by atoms with van der Waals surface area (Å²) in [5.41, 5.74) is 2.56. The molecule has 0 spiro atoms. The van der Waals surface area contributed by atoms with Crippen LogP contribution in [0.2, 0.25) is 0 Å². The van der Waals surface area contributed by atoms with Crippen molar-refractivity contribution in [1.29, 1.82) is 0 Å². The number of phenols is 1. The minimum Gasteiger partial charge on any atom is -0.502 e. The summed E-state index contributed by atoms with van der Waals surface area (Å²) in [6.45, 7) is 0. The van der Waals surface area contributed by atoms with Crippen molar-refractivity contribution in [3.05, 3.63) is 80.8 Å². The van der Waals surface area contributed by atoms with Gasteiger partial charge in [-0.1, -0.05) is 28.1 Å². The number of aromatic hydroxyl groups is 1. The summed E-state index contributed by atoms with van der Waals surface area (Å²) in [6, 6.07) is 17.1. The van der Waals surface area contributed by atoms with Gasteiger partial charge in [0.05, 0.1) is 10.6 Å². The number of hydrogen-bond acceptors (Lipinski definition) is 6. The zero-order valence-electron chi connectivity index (χ0n) is 14.2. The number of fused-ring (bicyclic) bond motifs is 1. The van der Waals surface area contributed by atoms with Crippen LogP contribution in [0.1, 0.15) is 5.56 Å². The Hall–Kier alpha value is -3.52. The molecule has 138 valence electrons. The van der Waals surface area contributed by atoms with Crippen LogP contribution in [0.4, 0.5) is 11.4 Å². The molecule has 0 fully saturated rings. The predicted molar refractivity (Wildman–Crippen MR) is 109 cm³/mol. The van der Waals surface area contributed by atoms with Crippen molar-refractivity contribution < 1.29 is 14.4 Å². The van der Waals surface area contributed by atoms with Gasteiger partial charge in [-0.2, -0.15) is 0 Å². The molecule has 0 saturated carbocycles. The maximum absolute atomic E-state index is 10.9. The number of halogens is 1. The van der Waals surface area contributed by atoms with Crippen LogP contribution >= 0.6 is 15.9 Å². The Kier molecular flexibility index (Phi) is 4.62. The molecule has 0 amide bonds. The van der Waals surface area contributed by atoms with Gasteiger partial charge in [-0.3, -0.25) is 15.1 Å². The fourth-order valence-electron chi connectivity index (χ4n) is 2.69. The number of rotatable bonds is 4. The molecule has 7 nitrogen and oxygen atoms in total. The SMILES string of the molecule is O=[N+]([O-])c1cccc(C=Nc2ccc3oc(-c4cccc(Br)c4)nc3c2)c1O. The van der Waals surface area contributed by atoms with Gasteiger partial charge in [-0.25, -0.2) is 4.98 Å². The maximum atomic E-state index is 10.9. The van der Waals surface area contributed by atoms with E-state index in [2.05, 4.69) is 25.9 Å². The molecule has 1 heterocycles. The minimum absolute atomic E-state index is 0.254. The quantitative estimate of drug-likeness (QED) is 0.253. The van der Waals surface area contributed by atoms with E-state index in [0.717, 1.165) is 10.0 Å². The zero-order chi connectivity index (χ0) is 19.7. The molecule has 1 N–H and O–H groups in total. The average Bonchev–Trinajstić information content (AvgIpc) is 3.10. The zero-order valence-corrected chi connectivity index (χ0v) is 15.8. The number of para-hydroxylation sites is 1. The molecule has 4 rings (SSSR count). The Bertz CT molecular complexity index is 1230. The second kappa shape index (κ2) is 7.24. The minimum atomic E-state index is -0.641. The van der Waals surface area contributed by atoms with Crippen molar-refractivity contribution >= 4 is 44.6 Å². The number of nitro benzene ring substituents is 1. The lowest BCUT2D eigenvalue weighted by molar-refractivity contribution is -0.385. The molecule has 0 aliphatic heterocycles. The van der Waals surface area contributed by atoms with E-state index in [0.29, 0.717) is 22.7 Å². The second-order valence-electron chi connectivity index (χ2n) is 5.91. The second-order valence-corrected chi connectivity index (χ2v) is 6.83. The van der Waals surface area contributed by atoms with E-state index >= 15 is 0 Å². The lowest BCUT2D eigenvalue weighted by Crippen LogP contribution is -1.91. The molecule has 0 bridgehead atoms. The smallest absolute Gasteiger partial charge is 0.311 e. The van der Waals surface area contributed by atoms with Crippen molar-refractivity contribution in [2.75, 3.05) is 0 Å². The summed E-state index contributed by atoms with van der Waals surface area (Å²) in [7, 11) is 0. The molecule has 28 heavy (non-hydrogen) atoms. The molecular weight excluding hydrogens is 426 g/mol. The Morgan fingerprint density at radius 3 is 2.75 bits per heavy atom. The number of phenolic OH excluding ortho intramolecular Hbond substituents is 1. The van der Waals surface area contributed by atoms with Gasteiger partial charge in [-0.15, -0.1) is 0 Å². The van der Waals surface area contributed by atoms with Crippen molar-refractivity contribution in [2.24, 2.45) is 4.99 Å². The van der Waals surface area contributed by atoms with E-state index in [1.54, 1.807) is 24.3 Å². The number of hydrogen-bond donors (Lipinski definition) is 1. The highest BCUT2D eigenvalue weighted by atomic mass is 79.9. The first-order valence-corrected chi connectivity index (χ1v) is 8.97. The fourth-order valence-corrected chi connectivity index (χ4v) is 3.08. The van der Waals surface area contributed by atoms with Crippen molar-refractivity contribution in [1.82, 2.24) is 4.98 Å². The molecule has 8 heteroatoms. The Morgan fingerprint density at radius 1 is 1.14 bits per heavy atom. The molecule has 0 aliphatic carbocycles. The van der Waals surface area contributed by atoms with Gasteiger partial charge in [0, 0.05) is 27.9 Å². The van der Waals surface area contributed by atoms with Gasteiger partial charge >= 0.3 is 5.69 Å². The molecule has 3 aromatic carbocycles. The van der Waals surface area contributed by atoms with E-state index in [1.807, 2.05) is 24.3 Å². The Morgan fingerprint density at radius 2 is 1.96 bits per heavy atom.